The number of rotatable bonds is 6. The molecular formula is C18H26N2O3. The second-order valence-electron chi connectivity index (χ2n) is 6.31. The van der Waals surface area contributed by atoms with Gasteiger partial charge < -0.3 is 19.7 Å². The Kier molecular flexibility index (Phi) is 5.88. The van der Waals surface area contributed by atoms with Gasteiger partial charge in [-0.15, -0.1) is 0 Å². The van der Waals surface area contributed by atoms with E-state index in [2.05, 4.69) is 34.5 Å². The molecule has 1 aromatic rings. The number of carbonyl (C=O) groups is 1. The van der Waals surface area contributed by atoms with Gasteiger partial charge in [-0.1, -0.05) is 18.2 Å². The number of hydrogen-bond donors (Lipinski definition) is 1. The number of piperidine rings is 1. The maximum atomic E-state index is 11.9. The van der Waals surface area contributed by atoms with Crippen molar-refractivity contribution in [1.29, 1.82) is 0 Å². The molecule has 23 heavy (non-hydrogen) atoms. The zero-order valence-electron chi connectivity index (χ0n) is 13.6. The van der Waals surface area contributed by atoms with Crippen LogP contribution in [0.4, 0.5) is 5.69 Å². The number of ether oxygens (including phenoxy) is 2. The zero-order chi connectivity index (χ0) is 15.9. The lowest BCUT2D eigenvalue weighted by Gasteiger charge is -2.34. The van der Waals surface area contributed by atoms with Crippen molar-refractivity contribution in [2.45, 2.75) is 37.8 Å². The highest BCUT2D eigenvalue weighted by atomic mass is 16.5. The Balaban J connectivity index is 1.32. The normalized spacial score (nSPS) is 22.3. The van der Waals surface area contributed by atoms with Crippen LogP contribution in [0, 0.1) is 0 Å². The highest BCUT2D eigenvalue weighted by Crippen LogP contribution is 2.19. The summed E-state index contributed by atoms with van der Waals surface area (Å²) in [5, 5.41) is 3.08. The highest BCUT2D eigenvalue weighted by Gasteiger charge is 2.21. The van der Waals surface area contributed by atoms with E-state index >= 15 is 0 Å². The van der Waals surface area contributed by atoms with E-state index in [1.165, 1.54) is 5.69 Å². The van der Waals surface area contributed by atoms with Gasteiger partial charge in [-0.3, -0.25) is 4.79 Å². The molecule has 5 nitrogen and oxygen atoms in total. The fourth-order valence-electron chi connectivity index (χ4n) is 3.25. The van der Waals surface area contributed by atoms with Crippen molar-refractivity contribution in [1.82, 2.24) is 5.32 Å². The largest absolute Gasteiger partial charge is 0.376 e. The summed E-state index contributed by atoms with van der Waals surface area (Å²) in [5.74, 6) is -0.0128. The second kappa shape index (κ2) is 8.31. The van der Waals surface area contributed by atoms with Crippen LogP contribution in [0.1, 0.15) is 25.7 Å². The van der Waals surface area contributed by atoms with Crippen LogP contribution in [0.25, 0.3) is 0 Å². The maximum Gasteiger partial charge on any atom is 0.246 e. The first-order valence-electron chi connectivity index (χ1n) is 8.60. The van der Waals surface area contributed by atoms with E-state index in [1.807, 2.05) is 6.07 Å². The molecule has 1 atom stereocenters. The summed E-state index contributed by atoms with van der Waals surface area (Å²) in [7, 11) is 0. The number of amides is 1. The molecule has 1 N–H and O–H groups in total. The zero-order valence-corrected chi connectivity index (χ0v) is 13.6. The van der Waals surface area contributed by atoms with E-state index in [-0.39, 0.29) is 24.7 Å². The molecule has 2 heterocycles. The highest BCUT2D eigenvalue weighted by molar-refractivity contribution is 5.77. The minimum atomic E-state index is -0.0128. The van der Waals surface area contributed by atoms with Gasteiger partial charge in [0.1, 0.15) is 6.61 Å². The first-order chi connectivity index (χ1) is 11.3. The molecule has 3 rings (SSSR count). The fourth-order valence-corrected chi connectivity index (χ4v) is 3.25. The Bertz CT molecular complexity index is 480. The standard InChI is InChI=1S/C18H26N2O3/c21-18(14-22-13-17-7-4-12-23-17)19-15-8-10-20(11-9-15)16-5-2-1-3-6-16/h1-3,5-6,15,17H,4,7-14H2,(H,19,21)/t17-/m0/s1. The molecule has 0 bridgehead atoms. The number of hydrogen-bond acceptors (Lipinski definition) is 4. The summed E-state index contributed by atoms with van der Waals surface area (Å²) in [6.45, 7) is 3.44. The molecule has 1 aromatic carbocycles. The summed E-state index contributed by atoms with van der Waals surface area (Å²) in [4.78, 5) is 14.3. The Morgan fingerprint density at radius 1 is 1.22 bits per heavy atom. The molecule has 0 aliphatic carbocycles. The van der Waals surface area contributed by atoms with E-state index in [0.29, 0.717) is 6.61 Å². The molecule has 1 amide bonds. The third-order valence-corrected chi connectivity index (χ3v) is 4.54. The van der Waals surface area contributed by atoms with Crippen LogP contribution < -0.4 is 10.2 Å². The van der Waals surface area contributed by atoms with Crippen LogP contribution in [0.15, 0.2) is 30.3 Å². The Hall–Kier alpha value is -1.59. The molecule has 2 fully saturated rings. The minimum absolute atomic E-state index is 0.0128. The summed E-state index contributed by atoms with van der Waals surface area (Å²) in [6, 6.07) is 10.7. The number of nitrogens with zero attached hydrogens (tertiary/aromatic N) is 1. The van der Waals surface area contributed by atoms with Crippen LogP contribution in [-0.4, -0.2) is 51.0 Å². The average molecular weight is 318 g/mol. The maximum absolute atomic E-state index is 11.9. The SMILES string of the molecule is O=C(COC[C@@H]1CCCO1)NC1CCN(c2ccccc2)CC1. The van der Waals surface area contributed by atoms with Gasteiger partial charge in [-0.25, -0.2) is 0 Å². The van der Waals surface area contributed by atoms with Crippen molar-refractivity contribution in [3.8, 4) is 0 Å². The molecule has 5 heteroatoms. The van der Waals surface area contributed by atoms with Crippen molar-refractivity contribution >= 4 is 11.6 Å². The Labute approximate surface area is 137 Å². The fraction of sp³-hybridized carbons (Fsp3) is 0.611. The molecular weight excluding hydrogens is 292 g/mol. The van der Waals surface area contributed by atoms with E-state index < -0.39 is 0 Å². The van der Waals surface area contributed by atoms with Crippen LogP contribution in [-0.2, 0) is 14.3 Å². The van der Waals surface area contributed by atoms with Gasteiger partial charge in [0.25, 0.3) is 0 Å². The summed E-state index contributed by atoms with van der Waals surface area (Å²) in [5.41, 5.74) is 1.26. The molecule has 0 saturated carbocycles. The number of nitrogens with one attached hydrogen (secondary N) is 1. The molecule has 0 aromatic heterocycles. The van der Waals surface area contributed by atoms with Gasteiger partial charge in [0.2, 0.25) is 5.91 Å². The lowest BCUT2D eigenvalue weighted by Crippen LogP contribution is -2.45. The van der Waals surface area contributed by atoms with Crippen LogP contribution >= 0.6 is 0 Å². The van der Waals surface area contributed by atoms with Gasteiger partial charge in [0, 0.05) is 31.4 Å². The third kappa shape index (κ3) is 4.94. The Morgan fingerprint density at radius 2 is 2.00 bits per heavy atom. The third-order valence-electron chi connectivity index (χ3n) is 4.54. The van der Waals surface area contributed by atoms with Crippen molar-refractivity contribution in [3.63, 3.8) is 0 Å². The van der Waals surface area contributed by atoms with Gasteiger partial charge in [-0.2, -0.15) is 0 Å². The topological polar surface area (TPSA) is 50.8 Å². The second-order valence-corrected chi connectivity index (χ2v) is 6.31. The molecule has 2 saturated heterocycles. The molecule has 0 unspecified atom stereocenters. The lowest BCUT2D eigenvalue weighted by molar-refractivity contribution is -0.127. The summed E-state index contributed by atoms with van der Waals surface area (Å²) >= 11 is 0. The number of anilines is 1. The first kappa shape index (κ1) is 16.3. The van der Waals surface area contributed by atoms with Gasteiger partial charge >= 0.3 is 0 Å². The van der Waals surface area contributed by atoms with Crippen LogP contribution in [0.3, 0.4) is 0 Å². The Morgan fingerprint density at radius 3 is 2.70 bits per heavy atom. The molecule has 2 aliphatic rings. The predicted octanol–water partition coefficient (Wildman–Crippen LogP) is 1.97. The van der Waals surface area contributed by atoms with E-state index in [0.717, 1.165) is 45.4 Å². The van der Waals surface area contributed by atoms with Gasteiger partial charge in [-0.05, 0) is 37.8 Å². The molecule has 126 valence electrons. The van der Waals surface area contributed by atoms with Gasteiger partial charge in [0.15, 0.2) is 0 Å². The van der Waals surface area contributed by atoms with Crippen molar-refractivity contribution in [2.75, 3.05) is 37.8 Å². The number of benzene rings is 1. The molecule has 2 aliphatic heterocycles. The molecule has 0 spiro atoms. The van der Waals surface area contributed by atoms with E-state index in [9.17, 15) is 4.79 Å². The minimum Gasteiger partial charge on any atom is -0.376 e. The quantitative estimate of drug-likeness (QED) is 0.871. The van der Waals surface area contributed by atoms with Gasteiger partial charge in [0.05, 0.1) is 12.7 Å². The molecule has 0 radical (unpaired) electrons. The monoisotopic (exact) mass is 318 g/mol. The summed E-state index contributed by atoms with van der Waals surface area (Å²) < 4.78 is 10.9. The number of carbonyl (C=O) groups excluding carboxylic acids is 1. The van der Waals surface area contributed by atoms with Crippen molar-refractivity contribution in [2.24, 2.45) is 0 Å². The van der Waals surface area contributed by atoms with E-state index in [1.54, 1.807) is 0 Å². The lowest BCUT2D eigenvalue weighted by atomic mass is 10.0. The predicted molar refractivity (Wildman–Crippen MR) is 89.6 cm³/mol. The average Bonchev–Trinajstić information content (AvgIpc) is 3.10. The van der Waals surface area contributed by atoms with Crippen molar-refractivity contribution in [3.05, 3.63) is 30.3 Å². The summed E-state index contributed by atoms with van der Waals surface area (Å²) in [6.07, 6.45) is 4.27. The van der Waals surface area contributed by atoms with Crippen LogP contribution in [0.2, 0.25) is 0 Å². The van der Waals surface area contributed by atoms with Crippen LogP contribution in [0.5, 0.6) is 0 Å². The first-order valence-corrected chi connectivity index (χ1v) is 8.60. The van der Waals surface area contributed by atoms with Crippen molar-refractivity contribution < 1.29 is 14.3 Å². The van der Waals surface area contributed by atoms with E-state index in [4.69, 9.17) is 9.47 Å². The smallest absolute Gasteiger partial charge is 0.246 e. The number of para-hydroxylation sites is 1.